The van der Waals surface area contributed by atoms with Gasteiger partial charge in [0.15, 0.2) is 23.0 Å². The Hall–Kier alpha value is -2.66. The van der Waals surface area contributed by atoms with Gasteiger partial charge in [-0.2, -0.15) is 17.5 Å². The molecular weight excluding hydrogens is 2310 g/mol. The summed E-state index contributed by atoms with van der Waals surface area (Å²) in [5.74, 6) is 4.64. The van der Waals surface area contributed by atoms with E-state index in [1.165, 1.54) is 269 Å². The number of nitrogens with zero attached hydrogens (tertiary/aromatic N) is 4. The molecule has 4 atom stereocenters. The first-order valence-electron chi connectivity index (χ1n) is 48.4. The molecule has 0 aliphatic heterocycles. The van der Waals surface area contributed by atoms with Crippen molar-refractivity contribution in [2.75, 3.05) is 40.6 Å². The number of methoxy groups -OCH3 is 2. The number of ether oxygens (including phenoxy) is 6. The van der Waals surface area contributed by atoms with Gasteiger partial charge in [0.05, 0.1) is 102 Å². The first-order chi connectivity index (χ1) is 63.6. The van der Waals surface area contributed by atoms with Crippen LogP contribution in [0.5, 0.6) is 23.0 Å². The molecule has 0 amide bonds. The first-order valence-corrected chi connectivity index (χ1v) is 79.6. The number of hydrogen-bond acceptors (Lipinski definition) is 22. The van der Waals surface area contributed by atoms with Gasteiger partial charge in [0.1, 0.15) is 22.1 Å². The monoisotopic (exact) mass is 2450 g/mol. The Labute approximate surface area is 873 Å². The van der Waals surface area contributed by atoms with Gasteiger partial charge in [0, 0.05) is 49.5 Å². The van der Waals surface area contributed by atoms with Crippen molar-refractivity contribution >= 4 is 254 Å². The zero-order valence-corrected chi connectivity index (χ0v) is 102. The number of unbranched alkanes of at least 4 members (excludes halogenated alkanes) is 18. The fourth-order valence-corrected chi connectivity index (χ4v) is 39.3. The summed E-state index contributed by atoms with van der Waals surface area (Å²) < 4.78 is 62.8. The summed E-state index contributed by atoms with van der Waals surface area (Å²) in [5, 5.41) is 0. The Morgan fingerprint density at radius 3 is 1.11 bits per heavy atom. The van der Waals surface area contributed by atoms with Crippen molar-refractivity contribution in [2.24, 2.45) is 23.7 Å². The number of fused-ring (bicyclic) bond motifs is 2. The summed E-state index contributed by atoms with van der Waals surface area (Å²) in [4.78, 5) is 53.5. The average Bonchev–Trinajstić information content (AvgIpc) is 1.56. The van der Waals surface area contributed by atoms with Gasteiger partial charge in [-0.25, -0.2) is 9.59 Å². The van der Waals surface area contributed by atoms with Crippen molar-refractivity contribution in [1.82, 2.24) is 17.5 Å². The van der Waals surface area contributed by atoms with Crippen molar-refractivity contribution in [3.05, 3.63) is 123 Å². The number of benzene rings is 2. The zero-order chi connectivity index (χ0) is 95.3. The Balaban J connectivity index is 0.000000245. The van der Waals surface area contributed by atoms with E-state index < -0.39 is 36.8 Å². The summed E-state index contributed by atoms with van der Waals surface area (Å²) >= 11 is 27.1. The van der Waals surface area contributed by atoms with Crippen LogP contribution in [0.25, 0.3) is 81.3 Å². The summed E-state index contributed by atoms with van der Waals surface area (Å²) in [6, 6.07) is 30.7. The van der Waals surface area contributed by atoms with Gasteiger partial charge in [0.25, 0.3) is 0 Å². The van der Waals surface area contributed by atoms with Crippen LogP contribution >= 0.6 is 178 Å². The SMILES string of the molecule is CCCCCCCCC(CCCCCC)COc1c(OCC(CC)CCCC)c(-c2ccc(-c3ccc(-c4cc(C(=O)OC)c(-c5ccc(-c6ccc(C)s6)s5)s4)s3)s2)c2nsnc2c1C.CCCCCCCCC(CCCCCC)COc1c(OCC(CC)CCCC)c(Br)c2nsnc2c1Br.COC(=O)c1cc(Br)sc1Br.[CH3][Sn]([CH3])([CH3])[c]1ccc(-c2cc[c]([Sn]([CH3])([CH3])[CH3])s2)s1. The fourth-order valence-electron chi connectivity index (χ4n) is 15.8. The number of hydrogen-bond donors (Lipinski definition) is 0. The third-order valence-corrected chi connectivity index (χ3v) is 56.4. The van der Waals surface area contributed by atoms with Crippen LogP contribution in [0.3, 0.4) is 0 Å². The van der Waals surface area contributed by atoms with E-state index in [2.05, 4.69) is 249 Å². The van der Waals surface area contributed by atoms with Gasteiger partial charge in [-0.05, 0) is 200 Å². The molecule has 0 saturated heterocycles. The quantitative estimate of drug-likeness (QED) is 0.0203. The predicted molar refractivity (Wildman–Crippen MR) is 601 cm³/mol. The number of carbonyl (C=O) groups excluding carboxylic acids is 2. The topological polar surface area (TPSA) is 141 Å². The van der Waals surface area contributed by atoms with Crippen LogP contribution in [-0.4, -0.2) is 107 Å². The van der Waals surface area contributed by atoms with Crippen LogP contribution in [0, 0.1) is 37.5 Å². The third-order valence-electron chi connectivity index (χ3n) is 24.1. The molecule has 12 aromatic rings. The van der Waals surface area contributed by atoms with Crippen LogP contribution in [0.1, 0.15) is 292 Å². The summed E-state index contributed by atoms with van der Waals surface area (Å²) in [6.45, 7) is 25.2. The Kier molecular flexibility index (Phi) is 50.7. The van der Waals surface area contributed by atoms with Crippen molar-refractivity contribution < 1.29 is 38.0 Å². The predicted octanol–water partition coefficient (Wildman–Crippen LogP) is 38.2. The maximum atomic E-state index is 13.2. The van der Waals surface area contributed by atoms with E-state index in [1.54, 1.807) is 68.5 Å². The van der Waals surface area contributed by atoms with Gasteiger partial charge in [-0.15, -0.1) is 68.0 Å². The van der Waals surface area contributed by atoms with E-state index in [1.807, 2.05) is 28.7 Å². The minimum atomic E-state index is -1.86. The molecule has 0 spiro atoms. The second-order valence-corrected chi connectivity index (χ2v) is 81.8. The number of halogens is 4. The maximum absolute atomic E-state index is 13.2. The molecular formula is C104H144Br4N4O8S10Sn2. The Morgan fingerprint density at radius 1 is 0.341 bits per heavy atom. The molecule has 0 aliphatic carbocycles. The van der Waals surface area contributed by atoms with Crippen LogP contribution < -0.4 is 24.7 Å². The number of thiophene rings is 8. The van der Waals surface area contributed by atoms with Crippen molar-refractivity contribution in [3.63, 3.8) is 0 Å². The Morgan fingerprint density at radius 2 is 0.689 bits per heavy atom. The molecule has 0 fully saturated rings. The second kappa shape index (κ2) is 59.3. The number of rotatable bonds is 54. The van der Waals surface area contributed by atoms with Crippen molar-refractivity contribution in [2.45, 2.75) is 304 Å². The molecule has 0 aliphatic rings. The van der Waals surface area contributed by atoms with Gasteiger partial charge in [0.2, 0.25) is 0 Å². The van der Waals surface area contributed by atoms with E-state index in [0.29, 0.717) is 54.6 Å². The van der Waals surface area contributed by atoms with Crippen LogP contribution in [-0.2, 0) is 9.47 Å². The van der Waals surface area contributed by atoms with E-state index in [-0.39, 0.29) is 11.9 Å². The molecule has 12 nitrogen and oxygen atoms in total. The summed E-state index contributed by atoms with van der Waals surface area (Å²) in [6.07, 6.45) is 40.4. The molecule has 0 bridgehead atoms. The molecule has 2 aromatic carbocycles. The molecule has 724 valence electrons. The van der Waals surface area contributed by atoms with Gasteiger partial charge >= 0.3 is 141 Å². The molecule has 12 rings (SSSR count). The first kappa shape index (κ1) is 113. The molecule has 28 heteroatoms. The van der Waals surface area contributed by atoms with Crippen LogP contribution in [0.15, 0.2) is 101 Å². The molecule has 4 unspecified atom stereocenters. The molecule has 0 radical (unpaired) electrons. The van der Waals surface area contributed by atoms with E-state index in [9.17, 15) is 9.59 Å². The minimum absolute atomic E-state index is 0.313. The second-order valence-electron chi connectivity index (χ2n) is 36.8. The molecule has 0 N–H and O–H groups in total. The van der Waals surface area contributed by atoms with E-state index >= 15 is 0 Å². The van der Waals surface area contributed by atoms with E-state index in [4.69, 9.17) is 32.4 Å². The Bertz CT molecular complexity index is 5360. The molecule has 132 heavy (non-hydrogen) atoms. The number of carbonyl (C=O) groups is 2. The normalized spacial score (nSPS) is 12.6. The standard InChI is InChI=1S/C54H68N2O4S6.C30H50Br2N2O2S.C8H4S2.C6H4Br2O2S.6CH3.2Sn/c1-8-12-15-17-18-20-23-38(22-19-16-13-9-2)34-59-51-36(6)49-50(56-66-55-49)48(52(51)60-33-37(11-4)21-14-10-3)45-30-28-43(63-45)42-26-27-44(62-42)47-32-39(54(57)58-7)53(65-47)46-31-29-41(64-46)40-25-24-35(5)61-40;1-5-9-12-14-15-17-20-24(19-16-13-10-6-2)22-36-30-26(32)28-27(33-37-34-28)25(31)29(30)35-21-23(8-4)18-11-7-3;1-3-7(9-5-1)8-4-2-6-10-8;1-10-6(9)3-2-4(7)11-5(3)8;;;;;;;;/h24-32,37-38H,8-23,33-34H2,1-7H3;23-24H,5-22H2,1-4H3;1-4H;2H,1H3;6*1H3;;. The summed E-state index contributed by atoms with van der Waals surface area (Å²) in [5.41, 5.74) is 6.64. The summed E-state index contributed by atoms with van der Waals surface area (Å²) in [7, 11) is 2.82. The zero-order valence-electron chi connectivity index (χ0n) is 81.5. The number of aryl methyl sites for hydroxylation is 2. The number of esters is 2. The fraction of sp³-hybridized carbons (Fsp3) is 0.558. The average molecular weight is 2460 g/mol. The van der Waals surface area contributed by atoms with Crippen LogP contribution in [0.4, 0.5) is 0 Å². The van der Waals surface area contributed by atoms with Gasteiger partial charge in [-0.3, -0.25) is 0 Å². The molecule has 10 heterocycles. The van der Waals surface area contributed by atoms with Gasteiger partial charge in [-0.1, -0.05) is 222 Å². The van der Waals surface area contributed by atoms with E-state index in [0.717, 1.165) is 123 Å². The third kappa shape index (κ3) is 34.3. The van der Waals surface area contributed by atoms with Crippen molar-refractivity contribution in [1.29, 1.82) is 0 Å². The number of aromatic nitrogens is 4. The van der Waals surface area contributed by atoms with Crippen molar-refractivity contribution in [3.8, 4) is 82.2 Å². The molecule has 10 aromatic heterocycles. The molecule has 0 saturated carbocycles. The van der Waals surface area contributed by atoms with Gasteiger partial charge < -0.3 is 28.4 Å². The van der Waals surface area contributed by atoms with Crippen LogP contribution in [0.2, 0.25) is 29.6 Å².